The molecule has 0 heterocycles. The molecule has 1 aromatic carbocycles. The van der Waals surface area contributed by atoms with Crippen molar-refractivity contribution < 1.29 is 9.53 Å². The van der Waals surface area contributed by atoms with E-state index in [4.69, 9.17) is 10.00 Å². The number of ether oxygens (including phenoxy) is 1. The van der Waals surface area contributed by atoms with E-state index in [1.54, 1.807) is 38.3 Å². The topological polar surface area (TPSA) is 62.1 Å². The maximum absolute atomic E-state index is 11.5. The molecule has 1 rings (SSSR count). The molecule has 0 spiro atoms. The average molecular weight is 218 g/mol. The van der Waals surface area contributed by atoms with Gasteiger partial charge in [-0.05, 0) is 19.1 Å². The second-order valence-electron chi connectivity index (χ2n) is 3.51. The van der Waals surface area contributed by atoms with Gasteiger partial charge in [0.05, 0.1) is 19.1 Å². The molecule has 84 valence electrons. The van der Waals surface area contributed by atoms with E-state index >= 15 is 0 Å². The van der Waals surface area contributed by atoms with Gasteiger partial charge in [0, 0.05) is 18.2 Å². The number of methoxy groups -OCH3 is 1. The highest BCUT2D eigenvalue weighted by atomic mass is 16.5. The number of nitrogens with one attached hydrogen (secondary N) is 1. The van der Waals surface area contributed by atoms with Crippen LogP contribution < -0.4 is 10.1 Å². The lowest BCUT2D eigenvalue weighted by Gasteiger charge is -2.07. The first-order chi connectivity index (χ1) is 7.65. The van der Waals surface area contributed by atoms with Crippen LogP contribution in [0.3, 0.4) is 0 Å². The maximum Gasteiger partial charge on any atom is 0.225 e. The molecule has 0 saturated heterocycles. The van der Waals surface area contributed by atoms with Crippen LogP contribution in [0.4, 0.5) is 5.69 Å². The van der Waals surface area contributed by atoms with Crippen LogP contribution in [0.5, 0.6) is 5.75 Å². The van der Waals surface area contributed by atoms with Gasteiger partial charge in [-0.1, -0.05) is 6.07 Å². The van der Waals surface area contributed by atoms with Crippen LogP contribution in [0.2, 0.25) is 0 Å². The molecule has 4 nitrogen and oxygen atoms in total. The Kier molecular flexibility index (Phi) is 4.34. The molecule has 0 aliphatic heterocycles. The zero-order valence-corrected chi connectivity index (χ0v) is 9.36. The monoisotopic (exact) mass is 218 g/mol. The standard InChI is InChI=1S/C12H14N2O2/c1-9(8-13)6-12(15)14-10-4-3-5-11(7-10)16-2/h3-5,7,9H,6H2,1-2H3,(H,14,15). The lowest BCUT2D eigenvalue weighted by molar-refractivity contribution is -0.116. The molecule has 1 atom stereocenters. The minimum absolute atomic E-state index is 0.165. The highest BCUT2D eigenvalue weighted by molar-refractivity contribution is 5.91. The second kappa shape index (κ2) is 5.76. The van der Waals surface area contributed by atoms with E-state index in [0.29, 0.717) is 11.4 Å². The molecule has 0 radical (unpaired) electrons. The summed E-state index contributed by atoms with van der Waals surface area (Å²) in [6.45, 7) is 1.71. The first-order valence-electron chi connectivity index (χ1n) is 4.99. The SMILES string of the molecule is COc1cccc(NC(=O)CC(C)C#N)c1. The Bertz CT molecular complexity index is 410. The third kappa shape index (κ3) is 3.62. The molecule has 0 aromatic heterocycles. The Morgan fingerprint density at radius 1 is 1.62 bits per heavy atom. The van der Waals surface area contributed by atoms with E-state index < -0.39 is 0 Å². The van der Waals surface area contributed by atoms with Crippen molar-refractivity contribution in [2.24, 2.45) is 5.92 Å². The summed E-state index contributed by atoms with van der Waals surface area (Å²) >= 11 is 0. The Morgan fingerprint density at radius 2 is 2.38 bits per heavy atom. The molecule has 1 aromatic rings. The third-order valence-corrected chi connectivity index (χ3v) is 2.07. The smallest absolute Gasteiger partial charge is 0.225 e. The Labute approximate surface area is 94.8 Å². The number of nitriles is 1. The van der Waals surface area contributed by atoms with Gasteiger partial charge in [-0.25, -0.2) is 0 Å². The Morgan fingerprint density at radius 3 is 3.00 bits per heavy atom. The fraction of sp³-hybridized carbons (Fsp3) is 0.333. The van der Waals surface area contributed by atoms with Crippen molar-refractivity contribution in [2.75, 3.05) is 12.4 Å². The van der Waals surface area contributed by atoms with Gasteiger partial charge in [0.2, 0.25) is 5.91 Å². The van der Waals surface area contributed by atoms with Crippen LogP contribution in [0, 0.1) is 17.2 Å². The number of anilines is 1. The highest BCUT2D eigenvalue weighted by Crippen LogP contribution is 2.17. The average Bonchev–Trinajstić information content (AvgIpc) is 2.28. The number of amides is 1. The molecule has 4 heteroatoms. The number of carbonyl (C=O) groups excluding carboxylic acids is 1. The van der Waals surface area contributed by atoms with Crippen LogP contribution in [0.15, 0.2) is 24.3 Å². The number of hydrogen-bond donors (Lipinski definition) is 1. The van der Waals surface area contributed by atoms with Gasteiger partial charge in [0.15, 0.2) is 0 Å². The molecule has 0 bridgehead atoms. The summed E-state index contributed by atoms with van der Waals surface area (Å²) in [6.07, 6.45) is 0.202. The van der Waals surface area contributed by atoms with Gasteiger partial charge in [-0.2, -0.15) is 5.26 Å². The number of benzene rings is 1. The fourth-order valence-electron chi connectivity index (χ4n) is 1.24. The Hall–Kier alpha value is -2.02. The van der Waals surface area contributed by atoms with E-state index in [1.165, 1.54) is 0 Å². The first kappa shape index (κ1) is 12.1. The van der Waals surface area contributed by atoms with Gasteiger partial charge in [-0.3, -0.25) is 4.79 Å². The molecule has 1 unspecified atom stereocenters. The van der Waals surface area contributed by atoms with Crippen molar-refractivity contribution in [1.82, 2.24) is 0 Å². The number of carbonyl (C=O) groups is 1. The largest absolute Gasteiger partial charge is 0.497 e. The zero-order chi connectivity index (χ0) is 12.0. The molecule has 1 amide bonds. The third-order valence-electron chi connectivity index (χ3n) is 2.07. The molecular formula is C12H14N2O2. The number of nitrogens with zero attached hydrogens (tertiary/aromatic N) is 1. The molecule has 0 saturated carbocycles. The van der Waals surface area contributed by atoms with Crippen LogP contribution in [-0.2, 0) is 4.79 Å². The van der Waals surface area contributed by atoms with E-state index in [-0.39, 0.29) is 18.2 Å². The van der Waals surface area contributed by atoms with E-state index in [0.717, 1.165) is 0 Å². The summed E-state index contributed by atoms with van der Waals surface area (Å²) in [4.78, 5) is 11.5. The maximum atomic E-state index is 11.5. The van der Waals surface area contributed by atoms with Crippen LogP contribution >= 0.6 is 0 Å². The zero-order valence-electron chi connectivity index (χ0n) is 9.36. The molecule has 16 heavy (non-hydrogen) atoms. The normalized spacial score (nSPS) is 11.3. The predicted molar refractivity (Wildman–Crippen MR) is 61.0 cm³/mol. The summed E-state index contributed by atoms with van der Waals surface area (Å²) in [5, 5.41) is 11.3. The van der Waals surface area contributed by atoms with Crippen molar-refractivity contribution in [3.63, 3.8) is 0 Å². The van der Waals surface area contributed by atoms with E-state index in [1.807, 2.05) is 6.07 Å². The molecular weight excluding hydrogens is 204 g/mol. The lowest BCUT2D eigenvalue weighted by Crippen LogP contribution is -2.14. The van der Waals surface area contributed by atoms with Crippen LogP contribution in [0.25, 0.3) is 0 Å². The number of hydrogen-bond acceptors (Lipinski definition) is 3. The lowest BCUT2D eigenvalue weighted by atomic mass is 10.1. The first-order valence-corrected chi connectivity index (χ1v) is 4.99. The number of rotatable bonds is 4. The molecule has 0 fully saturated rings. The summed E-state index contributed by atoms with van der Waals surface area (Å²) in [6, 6.07) is 9.12. The van der Waals surface area contributed by atoms with Crippen molar-refractivity contribution >= 4 is 11.6 Å². The van der Waals surface area contributed by atoms with E-state index in [9.17, 15) is 4.79 Å². The summed E-state index contributed by atoms with van der Waals surface area (Å²) in [7, 11) is 1.57. The van der Waals surface area contributed by atoms with Crippen molar-refractivity contribution in [2.45, 2.75) is 13.3 Å². The van der Waals surface area contributed by atoms with Gasteiger partial charge in [0.25, 0.3) is 0 Å². The minimum Gasteiger partial charge on any atom is -0.497 e. The van der Waals surface area contributed by atoms with Gasteiger partial charge in [0.1, 0.15) is 5.75 Å². The molecule has 1 N–H and O–H groups in total. The van der Waals surface area contributed by atoms with Crippen LogP contribution in [0.1, 0.15) is 13.3 Å². The minimum atomic E-state index is -0.273. The summed E-state index contributed by atoms with van der Waals surface area (Å²) in [5.41, 5.74) is 0.675. The summed E-state index contributed by atoms with van der Waals surface area (Å²) in [5.74, 6) is 0.249. The van der Waals surface area contributed by atoms with Crippen molar-refractivity contribution in [3.05, 3.63) is 24.3 Å². The van der Waals surface area contributed by atoms with Gasteiger partial charge in [-0.15, -0.1) is 0 Å². The predicted octanol–water partition coefficient (Wildman–Crippen LogP) is 2.18. The quantitative estimate of drug-likeness (QED) is 0.842. The highest BCUT2D eigenvalue weighted by Gasteiger charge is 2.08. The van der Waals surface area contributed by atoms with Gasteiger partial charge >= 0.3 is 0 Å². The van der Waals surface area contributed by atoms with E-state index in [2.05, 4.69) is 5.32 Å². The molecule has 0 aliphatic rings. The van der Waals surface area contributed by atoms with Crippen molar-refractivity contribution in [1.29, 1.82) is 5.26 Å². The Balaban J connectivity index is 2.59. The molecule has 0 aliphatic carbocycles. The second-order valence-corrected chi connectivity index (χ2v) is 3.51. The van der Waals surface area contributed by atoms with Crippen LogP contribution in [-0.4, -0.2) is 13.0 Å². The van der Waals surface area contributed by atoms with Gasteiger partial charge < -0.3 is 10.1 Å². The fourth-order valence-corrected chi connectivity index (χ4v) is 1.24. The summed E-state index contributed by atoms with van der Waals surface area (Å²) < 4.78 is 5.04. The van der Waals surface area contributed by atoms with Crippen molar-refractivity contribution in [3.8, 4) is 11.8 Å².